The summed E-state index contributed by atoms with van der Waals surface area (Å²) in [6.07, 6.45) is 3.48. The SMILES string of the molecule is COc1ccccc1CN(C)C(=O)[C@H]1CCC(=O)N(CCc2ccccn2)C1. The number of nitrogens with zero attached hydrogens (tertiary/aromatic N) is 3. The summed E-state index contributed by atoms with van der Waals surface area (Å²) in [4.78, 5) is 33.1. The molecule has 1 atom stereocenters. The van der Waals surface area contributed by atoms with Gasteiger partial charge in [0.05, 0.1) is 13.0 Å². The van der Waals surface area contributed by atoms with Crippen LogP contribution in [-0.4, -0.2) is 53.8 Å². The topological polar surface area (TPSA) is 62.7 Å². The summed E-state index contributed by atoms with van der Waals surface area (Å²) in [5.74, 6) is 0.799. The molecule has 2 heterocycles. The molecule has 0 unspecified atom stereocenters. The van der Waals surface area contributed by atoms with E-state index in [0.717, 1.165) is 17.0 Å². The zero-order valence-electron chi connectivity index (χ0n) is 16.5. The zero-order chi connectivity index (χ0) is 19.9. The van der Waals surface area contributed by atoms with Crippen LogP contribution in [-0.2, 0) is 22.6 Å². The second-order valence-electron chi connectivity index (χ2n) is 7.15. The van der Waals surface area contributed by atoms with Crippen molar-refractivity contribution in [1.29, 1.82) is 0 Å². The van der Waals surface area contributed by atoms with Crippen LogP contribution in [0.2, 0.25) is 0 Å². The molecule has 1 fully saturated rings. The number of piperidine rings is 1. The summed E-state index contributed by atoms with van der Waals surface area (Å²) in [5, 5.41) is 0. The van der Waals surface area contributed by atoms with E-state index in [9.17, 15) is 9.59 Å². The standard InChI is InChI=1S/C22H27N3O3/c1-24(15-17-7-3-4-9-20(17)28-2)22(27)18-10-11-21(26)25(16-18)14-12-19-8-5-6-13-23-19/h3-9,13,18H,10-12,14-16H2,1-2H3/t18-/m0/s1. The molecule has 6 heteroatoms. The maximum Gasteiger partial charge on any atom is 0.227 e. The molecule has 0 bridgehead atoms. The van der Waals surface area contributed by atoms with Gasteiger partial charge in [-0.1, -0.05) is 24.3 Å². The fourth-order valence-electron chi connectivity index (χ4n) is 3.61. The third-order valence-corrected chi connectivity index (χ3v) is 5.19. The number of hydrogen-bond donors (Lipinski definition) is 0. The summed E-state index contributed by atoms with van der Waals surface area (Å²) in [7, 11) is 3.44. The molecule has 148 valence electrons. The summed E-state index contributed by atoms with van der Waals surface area (Å²) < 4.78 is 5.38. The molecule has 0 saturated carbocycles. The Kier molecular flexibility index (Phi) is 6.63. The maximum absolute atomic E-state index is 13.0. The first kappa shape index (κ1) is 19.9. The van der Waals surface area contributed by atoms with E-state index < -0.39 is 0 Å². The number of benzene rings is 1. The lowest BCUT2D eigenvalue weighted by Gasteiger charge is -2.34. The molecule has 0 spiro atoms. The van der Waals surface area contributed by atoms with Gasteiger partial charge in [0.1, 0.15) is 5.75 Å². The van der Waals surface area contributed by atoms with Crippen LogP contribution in [0.3, 0.4) is 0 Å². The molecule has 1 aliphatic heterocycles. The molecule has 2 aromatic rings. The average Bonchev–Trinajstić information content (AvgIpc) is 2.73. The van der Waals surface area contributed by atoms with Crippen LogP contribution >= 0.6 is 0 Å². The number of pyridine rings is 1. The quantitative estimate of drug-likeness (QED) is 0.739. The van der Waals surface area contributed by atoms with E-state index in [-0.39, 0.29) is 17.7 Å². The van der Waals surface area contributed by atoms with Crippen LogP contribution in [0, 0.1) is 5.92 Å². The third-order valence-electron chi connectivity index (χ3n) is 5.19. The molecule has 28 heavy (non-hydrogen) atoms. The Morgan fingerprint density at radius 1 is 1.25 bits per heavy atom. The number of carbonyl (C=O) groups excluding carboxylic acids is 2. The fraction of sp³-hybridized carbons (Fsp3) is 0.409. The Morgan fingerprint density at radius 2 is 2.04 bits per heavy atom. The highest BCUT2D eigenvalue weighted by molar-refractivity contribution is 5.83. The van der Waals surface area contributed by atoms with Crippen LogP contribution in [0.5, 0.6) is 5.75 Å². The lowest BCUT2D eigenvalue weighted by Crippen LogP contribution is -2.46. The lowest BCUT2D eigenvalue weighted by molar-refractivity contribution is -0.142. The van der Waals surface area contributed by atoms with Gasteiger partial charge in [-0.2, -0.15) is 0 Å². The number of likely N-dealkylation sites (tertiary alicyclic amines) is 1. The first-order chi connectivity index (χ1) is 13.6. The summed E-state index contributed by atoms with van der Waals surface area (Å²) in [5.41, 5.74) is 1.93. The molecular weight excluding hydrogens is 354 g/mol. The second kappa shape index (κ2) is 9.35. The highest BCUT2D eigenvalue weighted by Gasteiger charge is 2.31. The van der Waals surface area contributed by atoms with Crippen LogP contribution in [0.4, 0.5) is 0 Å². The number of carbonyl (C=O) groups is 2. The van der Waals surface area contributed by atoms with Crippen molar-refractivity contribution in [3.05, 3.63) is 59.9 Å². The Bertz CT molecular complexity index is 810. The number of aromatic nitrogens is 1. The van der Waals surface area contributed by atoms with Crippen molar-refractivity contribution in [2.75, 3.05) is 27.2 Å². The summed E-state index contributed by atoms with van der Waals surface area (Å²) in [6, 6.07) is 13.5. The number of para-hydroxylation sites is 1. The molecule has 1 aromatic carbocycles. The average molecular weight is 381 g/mol. The molecule has 0 aliphatic carbocycles. The Hall–Kier alpha value is -2.89. The van der Waals surface area contributed by atoms with Gasteiger partial charge in [0, 0.05) is 57.0 Å². The zero-order valence-corrected chi connectivity index (χ0v) is 16.5. The van der Waals surface area contributed by atoms with E-state index in [4.69, 9.17) is 4.74 Å². The van der Waals surface area contributed by atoms with Crippen molar-refractivity contribution in [2.24, 2.45) is 5.92 Å². The fourth-order valence-corrected chi connectivity index (χ4v) is 3.61. The van der Waals surface area contributed by atoms with Gasteiger partial charge in [0.15, 0.2) is 0 Å². The van der Waals surface area contributed by atoms with E-state index >= 15 is 0 Å². The molecular formula is C22H27N3O3. The normalized spacial score (nSPS) is 16.7. The first-order valence-corrected chi connectivity index (χ1v) is 9.63. The van der Waals surface area contributed by atoms with Gasteiger partial charge in [-0.05, 0) is 24.6 Å². The number of methoxy groups -OCH3 is 1. The number of amides is 2. The highest BCUT2D eigenvalue weighted by atomic mass is 16.5. The van der Waals surface area contributed by atoms with Crippen LogP contribution in [0.25, 0.3) is 0 Å². The van der Waals surface area contributed by atoms with Crippen molar-refractivity contribution >= 4 is 11.8 Å². The lowest BCUT2D eigenvalue weighted by atomic mass is 9.95. The minimum Gasteiger partial charge on any atom is -0.496 e. The summed E-state index contributed by atoms with van der Waals surface area (Å²) >= 11 is 0. The van der Waals surface area contributed by atoms with Crippen molar-refractivity contribution in [1.82, 2.24) is 14.8 Å². The second-order valence-corrected chi connectivity index (χ2v) is 7.15. The van der Waals surface area contributed by atoms with Crippen LogP contribution in [0.1, 0.15) is 24.1 Å². The van der Waals surface area contributed by atoms with Gasteiger partial charge in [-0.15, -0.1) is 0 Å². The molecule has 2 amide bonds. The molecule has 0 radical (unpaired) electrons. The summed E-state index contributed by atoms with van der Waals surface area (Å²) in [6.45, 7) is 1.55. The number of ether oxygens (including phenoxy) is 1. The van der Waals surface area contributed by atoms with Crippen molar-refractivity contribution in [3.63, 3.8) is 0 Å². The molecule has 1 aromatic heterocycles. The number of rotatable bonds is 7. The largest absolute Gasteiger partial charge is 0.496 e. The van der Waals surface area contributed by atoms with Crippen LogP contribution in [0.15, 0.2) is 48.7 Å². The van der Waals surface area contributed by atoms with E-state index in [2.05, 4.69) is 4.98 Å². The molecule has 1 aliphatic rings. The Balaban J connectivity index is 1.59. The maximum atomic E-state index is 13.0. The minimum absolute atomic E-state index is 0.0706. The Morgan fingerprint density at radius 3 is 2.79 bits per heavy atom. The predicted octanol–water partition coefficient (Wildman–Crippen LogP) is 2.53. The van der Waals surface area contributed by atoms with Crippen molar-refractivity contribution in [2.45, 2.75) is 25.8 Å². The first-order valence-electron chi connectivity index (χ1n) is 9.63. The van der Waals surface area contributed by atoms with E-state index in [1.807, 2.05) is 49.5 Å². The molecule has 6 nitrogen and oxygen atoms in total. The van der Waals surface area contributed by atoms with E-state index in [0.29, 0.717) is 38.9 Å². The van der Waals surface area contributed by atoms with Gasteiger partial charge in [-0.25, -0.2) is 0 Å². The van der Waals surface area contributed by atoms with Crippen LogP contribution < -0.4 is 4.74 Å². The van der Waals surface area contributed by atoms with E-state index in [1.54, 1.807) is 23.1 Å². The monoisotopic (exact) mass is 381 g/mol. The van der Waals surface area contributed by atoms with Gasteiger partial charge in [0.2, 0.25) is 11.8 Å². The minimum atomic E-state index is -0.166. The molecule has 1 saturated heterocycles. The van der Waals surface area contributed by atoms with Crippen molar-refractivity contribution in [3.8, 4) is 5.75 Å². The van der Waals surface area contributed by atoms with Gasteiger partial charge >= 0.3 is 0 Å². The highest BCUT2D eigenvalue weighted by Crippen LogP contribution is 2.23. The number of hydrogen-bond acceptors (Lipinski definition) is 4. The van der Waals surface area contributed by atoms with Gasteiger partial charge in [-0.3, -0.25) is 14.6 Å². The molecule has 3 rings (SSSR count). The van der Waals surface area contributed by atoms with Crippen molar-refractivity contribution < 1.29 is 14.3 Å². The van der Waals surface area contributed by atoms with Gasteiger partial charge < -0.3 is 14.5 Å². The van der Waals surface area contributed by atoms with E-state index in [1.165, 1.54) is 0 Å². The smallest absolute Gasteiger partial charge is 0.227 e. The van der Waals surface area contributed by atoms with Gasteiger partial charge in [0.25, 0.3) is 0 Å². The molecule has 0 N–H and O–H groups in total. The predicted molar refractivity (Wildman–Crippen MR) is 107 cm³/mol. The Labute approximate surface area is 166 Å². The third kappa shape index (κ3) is 4.88.